The van der Waals surface area contributed by atoms with Gasteiger partial charge in [0.05, 0.1) is 11.8 Å². The lowest BCUT2D eigenvalue weighted by molar-refractivity contribution is 0.401. The fraction of sp³-hybridized carbons (Fsp3) is 0.400. The van der Waals surface area contributed by atoms with Crippen molar-refractivity contribution in [2.45, 2.75) is 39.0 Å². The van der Waals surface area contributed by atoms with Crippen LogP contribution < -0.4 is 4.74 Å². The summed E-state index contributed by atoms with van der Waals surface area (Å²) in [6, 6.07) is 7.87. The molecule has 1 aliphatic rings. The Kier molecular flexibility index (Phi) is 3.76. The van der Waals surface area contributed by atoms with Crippen LogP contribution in [0.5, 0.6) is 5.75 Å². The Balaban J connectivity index is 1.85. The highest BCUT2D eigenvalue weighted by Gasteiger charge is 2.18. The number of nitrogens with zero attached hydrogens (tertiary/aromatic N) is 4. The van der Waals surface area contributed by atoms with Crippen molar-refractivity contribution in [3.63, 3.8) is 0 Å². The van der Waals surface area contributed by atoms with E-state index in [2.05, 4.69) is 22.4 Å². The van der Waals surface area contributed by atoms with E-state index in [0.29, 0.717) is 0 Å². The highest BCUT2D eigenvalue weighted by molar-refractivity contribution is 5.67. The van der Waals surface area contributed by atoms with E-state index in [9.17, 15) is 0 Å². The third kappa shape index (κ3) is 2.57. The van der Waals surface area contributed by atoms with E-state index in [1.807, 2.05) is 30.5 Å². The molecule has 0 radical (unpaired) electrons. The van der Waals surface area contributed by atoms with Crippen molar-refractivity contribution < 1.29 is 4.74 Å². The van der Waals surface area contributed by atoms with Crippen molar-refractivity contribution in [2.24, 2.45) is 0 Å². The van der Waals surface area contributed by atoms with Crippen molar-refractivity contribution in [1.29, 1.82) is 0 Å². The molecule has 0 bridgehead atoms. The lowest BCUT2D eigenvalue weighted by atomic mass is 10.1. The number of hydrogen-bond acceptors (Lipinski definition) is 4. The van der Waals surface area contributed by atoms with Crippen LogP contribution in [0.1, 0.15) is 39.0 Å². The number of aromatic nitrogens is 4. The summed E-state index contributed by atoms with van der Waals surface area (Å²) >= 11 is 0. The van der Waals surface area contributed by atoms with Crippen LogP contribution in [-0.4, -0.2) is 20.2 Å². The summed E-state index contributed by atoms with van der Waals surface area (Å²) in [6.07, 6.45) is 7.65. The summed E-state index contributed by atoms with van der Waals surface area (Å²) in [7, 11) is 0. The van der Waals surface area contributed by atoms with Crippen LogP contribution in [-0.2, 0) is 0 Å². The quantitative estimate of drug-likeness (QED) is 0.780. The SMILES string of the molecule is CCCCCCC1=Cn2nnnc2-c2ccccc2O1. The predicted octanol–water partition coefficient (Wildman–Crippen LogP) is 3.50. The number of rotatable bonds is 5. The van der Waals surface area contributed by atoms with Crippen molar-refractivity contribution in [2.75, 3.05) is 0 Å². The van der Waals surface area contributed by atoms with Crippen molar-refractivity contribution in [1.82, 2.24) is 20.2 Å². The van der Waals surface area contributed by atoms with Gasteiger partial charge in [-0.25, -0.2) is 0 Å². The summed E-state index contributed by atoms with van der Waals surface area (Å²) in [5.74, 6) is 2.46. The second-order valence-electron chi connectivity index (χ2n) is 4.95. The number of ether oxygens (including phenoxy) is 1. The fourth-order valence-electron chi connectivity index (χ4n) is 2.34. The first-order chi connectivity index (χ1) is 9.88. The Morgan fingerprint density at radius 3 is 2.95 bits per heavy atom. The zero-order valence-electron chi connectivity index (χ0n) is 11.6. The summed E-state index contributed by atoms with van der Waals surface area (Å²) in [6.45, 7) is 2.21. The number of benzene rings is 1. The van der Waals surface area contributed by atoms with Gasteiger partial charge in [0, 0.05) is 6.42 Å². The lowest BCUT2D eigenvalue weighted by Crippen LogP contribution is -1.97. The lowest BCUT2D eigenvalue weighted by Gasteiger charge is -2.09. The monoisotopic (exact) mass is 270 g/mol. The third-order valence-corrected chi connectivity index (χ3v) is 3.40. The van der Waals surface area contributed by atoms with Gasteiger partial charge in [-0.1, -0.05) is 38.3 Å². The molecule has 1 aromatic carbocycles. The standard InChI is InChI=1S/C15H18N4O/c1-2-3-4-5-8-12-11-19-15(16-17-18-19)13-9-6-7-10-14(13)20-12/h6-7,9-11H,2-5,8H2,1H3. The number of hydrogen-bond donors (Lipinski definition) is 0. The highest BCUT2D eigenvalue weighted by atomic mass is 16.5. The van der Waals surface area contributed by atoms with E-state index in [-0.39, 0.29) is 0 Å². The molecular formula is C15H18N4O. The molecule has 3 rings (SSSR count). The topological polar surface area (TPSA) is 52.8 Å². The van der Waals surface area contributed by atoms with Crippen LogP contribution in [0.3, 0.4) is 0 Å². The summed E-state index contributed by atoms with van der Waals surface area (Å²) in [4.78, 5) is 0. The Morgan fingerprint density at radius 2 is 2.05 bits per heavy atom. The zero-order chi connectivity index (χ0) is 13.8. The van der Waals surface area contributed by atoms with Crippen molar-refractivity contribution in [3.05, 3.63) is 30.0 Å². The number of tetrazole rings is 1. The van der Waals surface area contributed by atoms with E-state index < -0.39 is 0 Å². The van der Waals surface area contributed by atoms with Crippen LogP contribution in [0.4, 0.5) is 0 Å². The smallest absolute Gasteiger partial charge is 0.190 e. The van der Waals surface area contributed by atoms with E-state index in [1.54, 1.807) is 4.68 Å². The molecule has 0 fully saturated rings. The molecule has 5 heteroatoms. The first-order valence-electron chi connectivity index (χ1n) is 7.14. The van der Waals surface area contributed by atoms with Gasteiger partial charge in [0.25, 0.3) is 0 Å². The van der Waals surface area contributed by atoms with Gasteiger partial charge in [-0.15, -0.1) is 5.10 Å². The highest BCUT2D eigenvalue weighted by Crippen LogP contribution is 2.32. The van der Waals surface area contributed by atoms with Crippen LogP contribution in [0, 0.1) is 0 Å². The Hall–Kier alpha value is -2.17. The van der Waals surface area contributed by atoms with Crippen LogP contribution >= 0.6 is 0 Å². The van der Waals surface area contributed by atoms with Gasteiger partial charge in [-0.3, -0.25) is 0 Å². The molecule has 104 valence electrons. The Labute approximate surface area is 118 Å². The third-order valence-electron chi connectivity index (χ3n) is 3.40. The molecule has 0 spiro atoms. The Morgan fingerprint density at radius 1 is 1.15 bits per heavy atom. The average molecular weight is 270 g/mol. The first-order valence-corrected chi connectivity index (χ1v) is 7.14. The molecule has 1 aliphatic heterocycles. The maximum absolute atomic E-state index is 6.01. The minimum absolute atomic E-state index is 0.726. The minimum Gasteiger partial charge on any atom is -0.459 e. The van der Waals surface area contributed by atoms with Gasteiger partial charge in [0.1, 0.15) is 11.5 Å². The van der Waals surface area contributed by atoms with Crippen LogP contribution in [0.15, 0.2) is 30.0 Å². The molecule has 0 unspecified atom stereocenters. The Bertz CT molecular complexity index is 618. The van der Waals surface area contributed by atoms with Gasteiger partial charge in [-0.2, -0.15) is 4.68 Å². The van der Waals surface area contributed by atoms with Crippen molar-refractivity contribution in [3.8, 4) is 17.1 Å². The average Bonchev–Trinajstić information content (AvgIpc) is 2.86. The maximum atomic E-state index is 6.01. The summed E-state index contributed by atoms with van der Waals surface area (Å²) in [5.41, 5.74) is 0.928. The van der Waals surface area contributed by atoms with Crippen LogP contribution in [0.25, 0.3) is 17.6 Å². The molecule has 0 saturated carbocycles. The van der Waals surface area contributed by atoms with E-state index in [0.717, 1.165) is 35.7 Å². The van der Waals surface area contributed by atoms with Gasteiger partial charge >= 0.3 is 0 Å². The molecule has 0 amide bonds. The molecule has 5 nitrogen and oxygen atoms in total. The largest absolute Gasteiger partial charge is 0.459 e. The molecule has 0 saturated heterocycles. The normalized spacial score (nSPS) is 12.9. The van der Waals surface area contributed by atoms with Gasteiger partial charge in [0.2, 0.25) is 0 Å². The van der Waals surface area contributed by atoms with Crippen molar-refractivity contribution >= 4 is 6.20 Å². The molecule has 1 aromatic heterocycles. The molecule has 0 aliphatic carbocycles. The fourth-order valence-corrected chi connectivity index (χ4v) is 2.34. The minimum atomic E-state index is 0.726. The second kappa shape index (κ2) is 5.86. The zero-order valence-corrected chi connectivity index (χ0v) is 11.6. The molecule has 2 aromatic rings. The number of unbranched alkanes of at least 4 members (excludes halogenated alkanes) is 3. The summed E-state index contributed by atoms with van der Waals surface area (Å²) < 4.78 is 7.71. The predicted molar refractivity (Wildman–Crippen MR) is 76.9 cm³/mol. The van der Waals surface area contributed by atoms with E-state index in [4.69, 9.17) is 4.74 Å². The molecule has 20 heavy (non-hydrogen) atoms. The second-order valence-corrected chi connectivity index (χ2v) is 4.95. The number of allylic oxidation sites excluding steroid dienone is 1. The number of fused-ring (bicyclic) bond motifs is 3. The van der Waals surface area contributed by atoms with E-state index >= 15 is 0 Å². The van der Waals surface area contributed by atoms with Crippen LogP contribution in [0.2, 0.25) is 0 Å². The maximum Gasteiger partial charge on any atom is 0.190 e. The molecule has 0 N–H and O–H groups in total. The molecule has 2 heterocycles. The van der Waals surface area contributed by atoms with Gasteiger partial charge < -0.3 is 4.74 Å². The first kappa shape index (κ1) is 12.8. The molecular weight excluding hydrogens is 252 g/mol. The van der Waals surface area contributed by atoms with Gasteiger partial charge in [-0.05, 0) is 29.0 Å². The summed E-state index contributed by atoms with van der Waals surface area (Å²) in [5, 5.41) is 11.8. The van der Waals surface area contributed by atoms with Gasteiger partial charge in [0.15, 0.2) is 5.82 Å². The molecule has 0 atom stereocenters. The van der Waals surface area contributed by atoms with E-state index in [1.165, 1.54) is 19.3 Å². The number of para-hydroxylation sites is 1.